The molecule has 1 unspecified atom stereocenters. The number of amides is 1. The van der Waals surface area contributed by atoms with Gasteiger partial charge < -0.3 is 4.90 Å². The van der Waals surface area contributed by atoms with Crippen molar-refractivity contribution >= 4 is 19.5 Å². The zero-order chi connectivity index (χ0) is 11.6. The fraction of sp³-hybridized carbons (Fsp3) is 0.800. The molecule has 1 amide bonds. The lowest BCUT2D eigenvalue weighted by Crippen LogP contribution is -2.45. The second-order valence-corrected chi connectivity index (χ2v) is 4.69. The molecule has 0 bridgehead atoms. The van der Waals surface area contributed by atoms with E-state index in [1.807, 2.05) is 0 Å². The van der Waals surface area contributed by atoms with Crippen molar-refractivity contribution in [2.24, 2.45) is 5.92 Å². The van der Waals surface area contributed by atoms with Gasteiger partial charge in [0.15, 0.2) is 0 Å². The summed E-state index contributed by atoms with van der Waals surface area (Å²) in [6.45, 7) is 3.83. The number of carbonyl (C=O) groups is 2. The minimum Gasteiger partial charge on any atom is -0.336 e. The van der Waals surface area contributed by atoms with E-state index in [-0.39, 0.29) is 5.92 Å². The minimum atomic E-state index is -1.19. The van der Waals surface area contributed by atoms with E-state index in [1.54, 1.807) is 14.8 Å². The number of nitrogens with zero attached hydrogens (tertiary/aromatic N) is 1. The van der Waals surface area contributed by atoms with E-state index in [2.05, 4.69) is 0 Å². The molecular formula is C10H17BFNO2. The van der Waals surface area contributed by atoms with Gasteiger partial charge in [0.2, 0.25) is 5.78 Å². The van der Waals surface area contributed by atoms with Gasteiger partial charge in [0.05, 0.1) is 5.57 Å². The quantitative estimate of drug-likeness (QED) is 0.483. The number of rotatable bonds is 2. The van der Waals surface area contributed by atoms with E-state index in [0.717, 1.165) is 0 Å². The van der Waals surface area contributed by atoms with Crippen LogP contribution in [-0.4, -0.2) is 43.1 Å². The maximum atomic E-state index is 13.6. The van der Waals surface area contributed by atoms with E-state index in [0.29, 0.717) is 25.9 Å². The van der Waals surface area contributed by atoms with Gasteiger partial charge in [-0.1, -0.05) is 0 Å². The summed E-state index contributed by atoms with van der Waals surface area (Å²) in [7, 11) is 1.57. The molecule has 5 heteroatoms. The Bertz CT molecular complexity index is 267. The summed E-state index contributed by atoms with van der Waals surface area (Å²) in [6, 6.07) is 0. The van der Waals surface area contributed by atoms with E-state index >= 15 is 0 Å². The zero-order valence-corrected chi connectivity index (χ0v) is 9.55. The molecular weight excluding hydrogens is 196 g/mol. The maximum absolute atomic E-state index is 13.6. The van der Waals surface area contributed by atoms with Gasteiger partial charge in [0, 0.05) is 20.0 Å². The Labute approximate surface area is 90.4 Å². The molecule has 1 saturated heterocycles. The summed E-state index contributed by atoms with van der Waals surface area (Å²) in [5.74, 6) is -0.883. The van der Waals surface area contributed by atoms with Crippen LogP contribution in [0.15, 0.2) is 0 Å². The first-order chi connectivity index (χ1) is 6.82. The van der Waals surface area contributed by atoms with Crippen LogP contribution < -0.4 is 0 Å². The van der Waals surface area contributed by atoms with Gasteiger partial charge in [-0.05, 0) is 25.7 Å². The first-order valence-corrected chi connectivity index (χ1v) is 5.31. The molecule has 84 valence electrons. The summed E-state index contributed by atoms with van der Waals surface area (Å²) in [4.78, 5) is 23.7. The molecule has 1 rings (SSSR count). The van der Waals surface area contributed by atoms with Crippen molar-refractivity contribution in [3.63, 3.8) is 0 Å². The first-order valence-electron chi connectivity index (χ1n) is 5.31. The fourth-order valence-corrected chi connectivity index (χ4v) is 1.99. The highest BCUT2D eigenvalue weighted by atomic mass is 19.1. The normalized spacial score (nSPS) is 22.2. The van der Waals surface area contributed by atoms with Crippen molar-refractivity contribution in [2.75, 3.05) is 13.1 Å². The van der Waals surface area contributed by atoms with Crippen LogP contribution in [0.5, 0.6) is 0 Å². The highest BCUT2D eigenvalue weighted by molar-refractivity contribution is 6.35. The number of halogens is 1. The second-order valence-electron chi connectivity index (χ2n) is 4.69. The lowest BCUT2D eigenvalue weighted by Gasteiger charge is -2.36. The number of carbonyl (C=O) groups excluding carboxylic acids is 2. The van der Waals surface area contributed by atoms with Gasteiger partial charge in [-0.3, -0.25) is 14.0 Å². The van der Waals surface area contributed by atoms with Crippen molar-refractivity contribution in [3.05, 3.63) is 0 Å². The largest absolute Gasteiger partial charge is 0.336 e. The molecule has 0 aromatic carbocycles. The summed E-state index contributed by atoms with van der Waals surface area (Å²) in [5, 5.41) is 0. The first kappa shape index (κ1) is 12.2. The van der Waals surface area contributed by atoms with Crippen molar-refractivity contribution in [3.8, 4) is 0 Å². The molecule has 0 radical (unpaired) electrons. The third-order valence-corrected chi connectivity index (χ3v) is 3.05. The molecule has 1 aliphatic heterocycles. The number of hydrogen-bond donors (Lipinski definition) is 0. The average Bonchev–Trinajstić information content (AvgIpc) is 2.15. The Morgan fingerprint density at radius 2 is 1.87 bits per heavy atom. The Hall–Kier alpha value is -0.865. The molecule has 3 nitrogen and oxygen atoms in total. The standard InChI is InChI=1S/C10H17BFNO2/c1-7(14)9(15)13-5-3-8(4-6-13)10(2,11)12/h8H,3-6,11H2,1-2H3. The molecule has 0 aromatic heterocycles. The molecule has 0 aliphatic carbocycles. The van der Waals surface area contributed by atoms with Crippen molar-refractivity contribution in [2.45, 2.75) is 32.3 Å². The predicted octanol–water partition coefficient (Wildman–Crippen LogP) is 0.133. The van der Waals surface area contributed by atoms with Crippen molar-refractivity contribution < 1.29 is 14.0 Å². The monoisotopic (exact) mass is 213 g/mol. The van der Waals surface area contributed by atoms with E-state index in [1.165, 1.54) is 11.8 Å². The van der Waals surface area contributed by atoms with Crippen LogP contribution in [0.2, 0.25) is 0 Å². The highest BCUT2D eigenvalue weighted by Gasteiger charge is 2.33. The summed E-state index contributed by atoms with van der Waals surface area (Å²) in [5.41, 5.74) is -1.19. The molecule has 1 fully saturated rings. The molecule has 0 spiro atoms. The molecule has 1 aliphatic rings. The van der Waals surface area contributed by atoms with E-state index in [4.69, 9.17) is 0 Å². The maximum Gasteiger partial charge on any atom is 0.289 e. The predicted molar refractivity (Wildman–Crippen MR) is 58.0 cm³/mol. The summed E-state index contributed by atoms with van der Waals surface area (Å²) >= 11 is 0. The van der Waals surface area contributed by atoms with Crippen LogP contribution in [0.25, 0.3) is 0 Å². The average molecular weight is 213 g/mol. The Morgan fingerprint density at radius 1 is 1.40 bits per heavy atom. The van der Waals surface area contributed by atoms with Gasteiger partial charge in [-0.2, -0.15) is 0 Å². The van der Waals surface area contributed by atoms with Gasteiger partial charge in [0.25, 0.3) is 5.91 Å². The Morgan fingerprint density at radius 3 is 2.20 bits per heavy atom. The van der Waals surface area contributed by atoms with Crippen molar-refractivity contribution in [1.82, 2.24) is 4.90 Å². The lowest BCUT2D eigenvalue weighted by molar-refractivity contribution is -0.144. The van der Waals surface area contributed by atoms with E-state index < -0.39 is 17.3 Å². The van der Waals surface area contributed by atoms with Gasteiger partial charge in [-0.25, -0.2) is 0 Å². The zero-order valence-electron chi connectivity index (χ0n) is 9.55. The fourth-order valence-electron chi connectivity index (χ4n) is 1.99. The number of Topliss-reactive ketones (excluding diaryl/α,β-unsaturated/α-hetero) is 1. The SMILES string of the molecule is BC(C)(F)C1CCN(C(=O)C(C)=O)CC1. The Kier molecular flexibility index (Phi) is 3.52. The van der Waals surface area contributed by atoms with E-state index in [9.17, 15) is 14.0 Å². The molecule has 1 heterocycles. The number of hydrogen-bond acceptors (Lipinski definition) is 2. The number of ketones is 1. The van der Waals surface area contributed by atoms with Crippen LogP contribution in [-0.2, 0) is 9.59 Å². The third kappa shape index (κ3) is 3.04. The number of likely N-dealkylation sites (tertiary alicyclic amines) is 1. The van der Waals surface area contributed by atoms with Gasteiger partial charge >= 0.3 is 0 Å². The number of piperidine rings is 1. The van der Waals surface area contributed by atoms with Gasteiger partial charge in [-0.15, -0.1) is 0 Å². The molecule has 0 N–H and O–H groups in total. The van der Waals surface area contributed by atoms with Crippen LogP contribution >= 0.6 is 0 Å². The van der Waals surface area contributed by atoms with Crippen LogP contribution in [0.4, 0.5) is 4.39 Å². The lowest BCUT2D eigenvalue weighted by atomic mass is 9.71. The second kappa shape index (κ2) is 4.33. The highest BCUT2D eigenvalue weighted by Crippen LogP contribution is 2.28. The molecule has 15 heavy (non-hydrogen) atoms. The Balaban J connectivity index is 2.50. The molecule has 1 atom stereocenters. The van der Waals surface area contributed by atoms with Gasteiger partial charge in [0.1, 0.15) is 7.85 Å². The number of alkyl halides is 1. The topological polar surface area (TPSA) is 37.4 Å². The van der Waals surface area contributed by atoms with Crippen LogP contribution in [0.3, 0.4) is 0 Å². The third-order valence-electron chi connectivity index (χ3n) is 3.05. The molecule has 0 saturated carbocycles. The smallest absolute Gasteiger partial charge is 0.289 e. The summed E-state index contributed by atoms with van der Waals surface area (Å²) < 4.78 is 13.6. The van der Waals surface area contributed by atoms with Crippen LogP contribution in [0.1, 0.15) is 26.7 Å². The van der Waals surface area contributed by atoms with Crippen LogP contribution in [0, 0.1) is 5.92 Å². The minimum absolute atomic E-state index is 0.00601. The summed E-state index contributed by atoms with van der Waals surface area (Å²) in [6.07, 6.45) is 1.28. The van der Waals surface area contributed by atoms with Crippen molar-refractivity contribution in [1.29, 1.82) is 0 Å². The molecule has 0 aromatic rings.